The molecule has 1 aromatic carbocycles. The van der Waals surface area contributed by atoms with Crippen molar-refractivity contribution in [1.82, 2.24) is 16.0 Å². The summed E-state index contributed by atoms with van der Waals surface area (Å²) < 4.78 is 27.4. The number of hydrogen-bond acceptors (Lipinski definition) is 8. The van der Waals surface area contributed by atoms with Crippen LogP contribution in [0.2, 0.25) is 0 Å². The molecule has 1 aromatic rings. The fraction of sp³-hybridized carbons (Fsp3) is 0.696. The van der Waals surface area contributed by atoms with Gasteiger partial charge in [-0.05, 0) is 57.6 Å². The Labute approximate surface area is 192 Å². The lowest BCUT2D eigenvalue weighted by Gasteiger charge is -2.17. The monoisotopic (exact) mass is 455 g/mol. The number of amides is 1. The Morgan fingerprint density at radius 3 is 2.09 bits per heavy atom. The van der Waals surface area contributed by atoms with E-state index in [0.717, 1.165) is 24.1 Å². The Balaban J connectivity index is 2.40. The predicted molar refractivity (Wildman–Crippen MR) is 125 cm³/mol. The van der Waals surface area contributed by atoms with Crippen molar-refractivity contribution in [2.75, 3.05) is 80.5 Å². The van der Waals surface area contributed by atoms with E-state index in [0.29, 0.717) is 63.7 Å². The van der Waals surface area contributed by atoms with Crippen molar-refractivity contribution in [2.45, 2.75) is 26.3 Å². The third-order valence-corrected chi connectivity index (χ3v) is 4.88. The van der Waals surface area contributed by atoms with Gasteiger partial charge in [-0.3, -0.25) is 4.79 Å². The molecule has 1 atom stereocenters. The van der Waals surface area contributed by atoms with Crippen LogP contribution in [-0.4, -0.2) is 92.5 Å². The zero-order valence-electron chi connectivity index (χ0n) is 20.3. The number of nitrogens with one attached hydrogen (secondary N) is 3. The van der Waals surface area contributed by atoms with Crippen LogP contribution in [0.5, 0.6) is 11.5 Å². The number of hydrogen-bond donors (Lipinski definition) is 3. The van der Waals surface area contributed by atoms with Crippen molar-refractivity contribution in [2.24, 2.45) is 0 Å². The highest BCUT2D eigenvalue weighted by Gasteiger charge is 2.11. The van der Waals surface area contributed by atoms with Gasteiger partial charge >= 0.3 is 0 Å². The number of likely N-dealkylation sites (N-methyl/N-ethyl adjacent to an activating group) is 2. The second-order valence-corrected chi connectivity index (χ2v) is 7.42. The van der Waals surface area contributed by atoms with E-state index in [1.54, 1.807) is 7.11 Å². The molecule has 1 rings (SSSR count). The fourth-order valence-electron chi connectivity index (χ4n) is 2.84. The summed E-state index contributed by atoms with van der Waals surface area (Å²) in [5.41, 5.74) is 2.16. The summed E-state index contributed by atoms with van der Waals surface area (Å²) in [7, 11) is 5.46. The van der Waals surface area contributed by atoms with E-state index in [2.05, 4.69) is 16.0 Å². The van der Waals surface area contributed by atoms with Gasteiger partial charge in [0.15, 0.2) is 18.1 Å². The highest BCUT2D eigenvalue weighted by atomic mass is 16.6. The molecule has 9 nitrogen and oxygen atoms in total. The summed E-state index contributed by atoms with van der Waals surface area (Å²) in [5.74, 6) is 0.991. The topological polar surface area (TPSA) is 99.3 Å². The molecular formula is C23H41N3O6. The molecule has 1 unspecified atom stereocenters. The van der Waals surface area contributed by atoms with E-state index >= 15 is 0 Å². The van der Waals surface area contributed by atoms with E-state index in [1.165, 1.54) is 0 Å². The highest BCUT2D eigenvalue weighted by molar-refractivity contribution is 5.77. The van der Waals surface area contributed by atoms with Crippen molar-refractivity contribution in [3.8, 4) is 11.5 Å². The molecule has 1 amide bonds. The van der Waals surface area contributed by atoms with Crippen LogP contribution < -0.4 is 25.4 Å². The zero-order valence-corrected chi connectivity index (χ0v) is 20.3. The average molecular weight is 456 g/mol. The van der Waals surface area contributed by atoms with Gasteiger partial charge in [-0.25, -0.2) is 0 Å². The van der Waals surface area contributed by atoms with Crippen LogP contribution >= 0.6 is 0 Å². The van der Waals surface area contributed by atoms with Gasteiger partial charge in [0.1, 0.15) is 6.61 Å². The molecule has 0 radical (unpaired) electrons. The van der Waals surface area contributed by atoms with Gasteiger partial charge < -0.3 is 39.6 Å². The Morgan fingerprint density at radius 1 is 0.906 bits per heavy atom. The predicted octanol–water partition coefficient (Wildman–Crippen LogP) is 1.05. The molecule has 0 aliphatic carbocycles. The van der Waals surface area contributed by atoms with E-state index in [4.69, 9.17) is 23.7 Å². The zero-order chi connectivity index (χ0) is 23.6. The Morgan fingerprint density at radius 2 is 1.50 bits per heavy atom. The van der Waals surface area contributed by atoms with Gasteiger partial charge in [-0.15, -0.1) is 0 Å². The summed E-state index contributed by atoms with van der Waals surface area (Å²) >= 11 is 0. The van der Waals surface area contributed by atoms with Crippen LogP contribution in [0.4, 0.5) is 0 Å². The second-order valence-electron chi connectivity index (χ2n) is 7.42. The highest BCUT2D eigenvalue weighted by Crippen LogP contribution is 2.30. The molecular weight excluding hydrogens is 414 g/mol. The minimum absolute atomic E-state index is 0.0651. The number of carbonyl (C=O) groups excluding carboxylic acids is 1. The minimum atomic E-state index is -0.162. The van der Waals surface area contributed by atoms with Crippen LogP contribution in [0.15, 0.2) is 12.1 Å². The normalized spacial score (nSPS) is 11.9. The van der Waals surface area contributed by atoms with Crippen molar-refractivity contribution < 1.29 is 28.5 Å². The molecule has 32 heavy (non-hydrogen) atoms. The van der Waals surface area contributed by atoms with Crippen LogP contribution in [0.3, 0.4) is 0 Å². The first-order chi connectivity index (χ1) is 15.5. The smallest absolute Gasteiger partial charge is 0.257 e. The number of aryl methyl sites for hydroxylation is 2. The van der Waals surface area contributed by atoms with Gasteiger partial charge in [0, 0.05) is 26.2 Å². The van der Waals surface area contributed by atoms with Gasteiger partial charge in [0.2, 0.25) is 0 Å². The first-order valence-electron chi connectivity index (χ1n) is 11.1. The summed E-state index contributed by atoms with van der Waals surface area (Å²) in [6.45, 7) is 8.31. The average Bonchev–Trinajstić information content (AvgIpc) is 2.78. The molecule has 0 bridgehead atoms. The maximum atomic E-state index is 12.2. The molecule has 184 valence electrons. The Kier molecular flexibility index (Phi) is 15.5. The number of methoxy groups -OCH3 is 1. The first-order valence-corrected chi connectivity index (χ1v) is 11.1. The SMILES string of the molecule is CNCC(CCNC(=O)COc1cc(C)c(C)cc1OCCOCCOCCOC)NC. The lowest BCUT2D eigenvalue weighted by molar-refractivity contribution is -0.123. The second kappa shape index (κ2) is 17.6. The molecule has 0 fully saturated rings. The quantitative estimate of drug-likeness (QED) is 0.266. The number of benzene rings is 1. The summed E-state index contributed by atoms with van der Waals surface area (Å²) in [5, 5.41) is 9.23. The maximum absolute atomic E-state index is 12.2. The van der Waals surface area contributed by atoms with Crippen LogP contribution in [0.1, 0.15) is 17.5 Å². The molecule has 0 saturated heterocycles. The Bertz CT molecular complexity index is 644. The van der Waals surface area contributed by atoms with Crippen molar-refractivity contribution >= 4 is 5.91 Å². The molecule has 3 N–H and O–H groups in total. The molecule has 0 saturated carbocycles. The van der Waals surface area contributed by atoms with Crippen molar-refractivity contribution in [3.63, 3.8) is 0 Å². The van der Waals surface area contributed by atoms with E-state index in [9.17, 15) is 4.79 Å². The fourth-order valence-corrected chi connectivity index (χ4v) is 2.84. The van der Waals surface area contributed by atoms with Crippen molar-refractivity contribution in [1.29, 1.82) is 0 Å². The van der Waals surface area contributed by atoms with Gasteiger partial charge in [-0.2, -0.15) is 0 Å². The molecule has 0 aliphatic rings. The number of rotatable bonds is 19. The largest absolute Gasteiger partial charge is 0.487 e. The molecule has 0 spiro atoms. The van der Waals surface area contributed by atoms with Gasteiger partial charge in [-0.1, -0.05) is 0 Å². The lowest BCUT2D eigenvalue weighted by Crippen LogP contribution is -2.39. The summed E-state index contributed by atoms with van der Waals surface area (Å²) in [4.78, 5) is 12.2. The van der Waals surface area contributed by atoms with Crippen LogP contribution in [-0.2, 0) is 19.0 Å². The lowest BCUT2D eigenvalue weighted by atomic mass is 10.1. The summed E-state index contributed by atoms with van der Waals surface area (Å²) in [6.07, 6.45) is 0.832. The number of carbonyl (C=O) groups is 1. The molecule has 0 heterocycles. The number of ether oxygens (including phenoxy) is 5. The Hall–Kier alpha value is -1.91. The molecule has 0 aliphatic heterocycles. The molecule has 9 heteroatoms. The van der Waals surface area contributed by atoms with E-state index in [-0.39, 0.29) is 12.5 Å². The standard InChI is InChI=1S/C23H41N3O6/c1-18-14-21(31-13-12-30-11-10-29-9-8-28-5)22(15-19(18)2)32-17-23(27)26-7-6-20(25-4)16-24-3/h14-15,20,24-25H,6-13,16-17H2,1-5H3,(H,26,27). The van der Waals surface area contributed by atoms with E-state index < -0.39 is 0 Å². The van der Waals surface area contributed by atoms with Gasteiger partial charge in [0.25, 0.3) is 5.91 Å². The maximum Gasteiger partial charge on any atom is 0.257 e. The first kappa shape index (κ1) is 28.1. The van der Waals surface area contributed by atoms with Crippen LogP contribution in [0.25, 0.3) is 0 Å². The van der Waals surface area contributed by atoms with Crippen molar-refractivity contribution in [3.05, 3.63) is 23.3 Å². The third kappa shape index (κ3) is 12.2. The summed E-state index contributed by atoms with van der Waals surface area (Å²) in [6, 6.07) is 4.12. The third-order valence-electron chi connectivity index (χ3n) is 4.88. The van der Waals surface area contributed by atoms with Gasteiger partial charge in [0.05, 0.1) is 33.0 Å². The van der Waals surface area contributed by atoms with E-state index in [1.807, 2.05) is 40.1 Å². The molecule has 0 aromatic heterocycles. The van der Waals surface area contributed by atoms with Crippen LogP contribution in [0, 0.1) is 13.8 Å². The minimum Gasteiger partial charge on any atom is -0.487 e.